The molecule has 0 spiro atoms. The van der Waals surface area contributed by atoms with Crippen LogP contribution in [0, 0.1) is 11.8 Å². The maximum Gasteiger partial charge on any atom is 0.527 e. The van der Waals surface area contributed by atoms with E-state index in [1.165, 1.54) is 20.3 Å². The van der Waals surface area contributed by atoms with Crippen LogP contribution in [0.2, 0.25) is 0 Å². The summed E-state index contributed by atoms with van der Waals surface area (Å²) in [6.45, 7) is 7.27. The lowest BCUT2D eigenvalue weighted by Crippen LogP contribution is -2.37. The summed E-state index contributed by atoms with van der Waals surface area (Å²) in [4.78, 5) is 34.6. The number of methoxy groups -OCH3 is 2. The first-order valence-corrected chi connectivity index (χ1v) is 15.3. The van der Waals surface area contributed by atoms with Crippen molar-refractivity contribution in [3.63, 3.8) is 0 Å². The van der Waals surface area contributed by atoms with Gasteiger partial charge in [-0.15, -0.1) is 0 Å². The number of aliphatic hydroxyl groups is 1. The molecule has 13 heteroatoms. The monoisotopic (exact) mass is 612 g/mol. The fraction of sp³-hybridized carbons (Fsp3) is 0.586. The standard InChI is InChI=1S/C29H45N2O10P/c1-17-11-21-14-22(16-23(15-21)41-42(35,36)39-7)31-28(33)18(2)9-8-10-24(37-5)27(40-29(30)34)20(4)13-19(3)26(32)25(12-17)38-6/h9,13-17,19,24-27,32H,8,10-12H2,1-7H3,(H2,30,34)(H,31,33)(H,35,36)/b18-9+,20-13+/t17-,19+,24+,25+,26-,27+/m1/s1. The highest BCUT2D eigenvalue weighted by molar-refractivity contribution is 7.47. The normalized spacial score (nSPS) is 30.5. The van der Waals surface area contributed by atoms with Crippen LogP contribution >= 0.6 is 7.82 Å². The second kappa shape index (κ2) is 16.2. The lowest BCUT2D eigenvalue weighted by Gasteiger charge is -2.30. The van der Waals surface area contributed by atoms with Crippen molar-refractivity contribution in [2.45, 2.75) is 77.8 Å². The zero-order chi connectivity index (χ0) is 31.6. The van der Waals surface area contributed by atoms with Crippen molar-refractivity contribution < 1.29 is 47.4 Å². The van der Waals surface area contributed by atoms with Gasteiger partial charge in [0.2, 0.25) is 0 Å². The molecule has 2 bridgehead atoms. The van der Waals surface area contributed by atoms with Gasteiger partial charge in [0.1, 0.15) is 5.75 Å². The average molecular weight is 613 g/mol. The highest BCUT2D eigenvalue weighted by Crippen LogP contribution is 2.43. The first-order chi connectivity index (χ1) is 19.7. The van der Waals surface area contributed by atoms with E-state index in [4.69, 9.17) is 24.5 Å². The summed E-state index contributed by atoms with van der Waals surface area (Å²) in [5, 5.41) is 14.0. The van der Waals surface area contributed by atoms with E-state index in [-0.39, 0.29) is 23.5 Å². The summed E-state index contributed by atoms with van der Waals surface area (Å²) in [6.07, 6.45) is 1.58. The molecule has 2 amide bonds. The van der Waals surface area contributed by atoms with Crippen LogP contribution in [0.15, 0.2) is 41.5 Å². The molecule has 12 nitrogen and oxygen atoms in total. The predicted octanol–water partition coefficient (Wildman–Crippen LogP) is 4.50. The van der Waals surface area contributed by atoms with Crippen molar-refractivity contribution in [2.24, 2.45) is 17.6 Å². The third-order valence-electron chi connectivity index (χ3n) is 7.23. The Balaban J connectivity index is 2.54. The minimum atomic E-state index is -4.35. The largest absolute Gasteiger partial charge is 0.527 e. The molecule has 0 fully saturated rings. The number of phosphoric ester groups is 1. The van der Waals surface area contributed by atoms with Crippen molar-refractivity contribution in [3.8, 4) is 5.75 Å². The number of hydrogen-bond acceptors (Lipinski definition) is 9. The van der Waals surface area contributed by atoms with Crippen LogP contribution in [-0.4, -0.2) is 67.7 Å². The third kappa shape index (κ3) is 10.8. The Morgan fingerprint density at radius 3 is 2.36 bits per heavy atom. The summed E-state index contributed by atoms with van der Waals surface area (Å²) in [5.74, 6) is -0.720. The topological polar surface area (TPSA) is 176 Å². The van der Waals surface area contributed by atoms with E-state index in [9.17, 15) is 24.2 Å². The van der Waals surface area contributed by atoms with Crippen molar-refractivity contribution in [1.82, 2.24) is 0 Å². The molecule has 1 unspecified atom stereocenters. The van der Waals surface area contributed by atoms with Crippen LogP contribution in [0.3, 0.4) is 0 Å². The van der Waals surface area contributed by atoms with Gasteiger partial charge in [-0.05, 0) is 68.7 Å². The third-order valence-corrected chi connectivity index (χ3v) is 8.14. The summed E-state index contributed by atoms with van der Waals surface area (Å²) in [5.41, 5.74) is 7.54. The van der Waals surface area contributed by atoms with E-state index in [1.807, 2.05) is 19.9 Å². The van der Waals surface area contributed by atoms with Crippen molar-refractivity contribution in [2.75, 3.05) is 26.6 Å². The predicted molar refractivity (Wildman–Crippen MR) is 158 cm³/mol. The molecule has 42 heavy (non-hydrogen) atoms. The van der Waals surface area contributed by atoms with E-state index in [0.29, 0.717) is 42.5 Å². The number of rotatable bonds is 6. The molecule has 1 aliphatic rings. The van der Waals surface area contributed by atoms with Crippen LogP contribution in [0.1, 0.15) is 52.5 Å². The highest BCUT2D eigenvalue weighted by Gasteiger charge is 2.30. The number of benzene rings is 1. The van der Waals surface area contributed by atoms with Gasteiger partial charge in [0, 0.05) is 44.6 Å². The number of amides is 2. The number of phosphoric acid groups is 1. The van der Waals surface area contributed by atoms with Crippen LogP contribution in [0.4, 0.5) is 10.5 Å². The number of aliphatic hydroxyl groups excluding tert-OH is 1. The number of nitrogens with one attached hydrogen (secondary N) is 1. The maximum absolute atomic E-state index is 13.0. The Morgan fingerprint density at radius 2 is 1.76 bits per heavy atom. The molecular formula is C29H45N2O10P. The smallest absolute Gasteiger partial charge is 0.439 e. The molecule has 7 atom stereocenters. The fourth-order valence-corrected chi connectivity index (χ4v) is 5.49. The number of carbonyl (C=O) groups is 2. The molecule has 0 saturated carbocycles. The highest BCUT2D eigenvalue weighted by atomic mass is 31.2. The van der Waals surface area contributed by atoms with Crippen LogP contribution in [-0.2, 0) is 34.5 Å². The lowest BCUT2D eigenvalue weighted by molar-refractivity contribution is -0.112. The number of hydrogen-bond donors (Lipinski definition) is 4. The summed E-state index contributed by atoms with van der Waals surface area (Å²) in [6, 6.07) is 4.81. The molecule has 236 valence electrons. The van der Waals surface area contributed by atoms with Gasteiger partial charge in [-0.1, -0.05) is 26.0 Å². The molecule has 0 saturated heterocycles. The zero-order valence-corrected chi connectivity index (χ0v) is 26.3. The molecule has 5 N–H and O–H groups in total. The minimum absolute atomic E-state index is 0.0171. The number of anilines is 1. The molecule has 0 radical (unpaired) electrons. The van der Waals surface area contributed by atoms with E-state index in [1.54, 1.807) is 32.1 Å². The second-order valence-electron chi connectivity index (χ2n) is 10.7. The number of nitrogens with two attached hydrogens (primary N) is 1. The van der Waals surface area contributed by atoms with Gasteiger partial charge in [0.15, 0.2) is 6.10 Å². The quantitative estimate of drug-likeness (QED) is 0.264. The molecule has 1 aromatic carbocycles. The van der Waals surface area contributed by atoms with Crippen LogP contribution in [0.5, 0.6) is 5.75 Å². The number of primary amides is 1. The summed E-state index contributed by atoms with van der Waals surface area (Å²) < 4.78 is 38.6. The van der Waals surface area contributed by atoms with Crippen LogP contribution < -0.4 is 15.6 Å². The Morgan fingerprint density at radius 1 is 1.10 bits per heavy atom. The second-order valence-corrected chi connectivity index (χ2v) is 12.2. The number of fused-ring (bicyclic) bond motifs is 2. The Hall–Kier alpha value is -2.73. The lowest BCUT2D eigenvalue weighted by atomic mass is 9.88. The molecule has 1 heterocycles. The molecule has 0 aliphatic carbocycles. The Bertz CT molecular complexity index is 1190. The van der Waals surface area contributed by atoms with Crippen molar-refractivity contribution in [3.05, 3.63) is 47.1 Å². The Kier molecular flexibility index (Phi) is 13.7. The number of carbonyl (C=O) groups excluding carboxylic acids is 2. The summed E-state index contributed by atoms with van der Waals surface area (Å²) >= 11 is 0. The van der Waals surface area contributed by atoms with E-state index in [0.717, 1.165) is 12.7 Å². The number of ether oxygens (including phenoxy) is 3. The van der Waals surface area contributed by atoms with Crippen molar-refractivity contribution >= 4 is 25.5 Å². The molecule has 1 aromatic rings. The molecular weight excluding hydrogens is 567 g/mol. The maximum atomic E-state index is 13.0. The first kappa shape index (κ1) is 35.5. The first-order valence-electron chi connectivity index (χ1n) is 13.8. The van der Waals surface area contributed by atoms with Gasteiger partial charge >= 0.3 is 13.9 Å². The van der Waals surface area contributed by atoms with Gasteiger partial charge in [0.05, 0.1) is 18.3 Å². The average Bonchev–Trinajstić information content (AvgIpc) is 2.91. The van der Waals surface area contributed by atoms with Crippen LogP contribution in [0.25, 0.3) is 0 Å². The molecule has 0 aromatic heterocycles. The van der Waals surface area contributed by atoms with Gasteiger partial charge < -0.3 is 34.9 Å². The fourth-order valence-electron chi connectivity index (χ4n) is 5.04. The molecule has 1 aliphatic heterocycles. The van der Waals surface area contributed by atoms with E-state index in [2.05, 4.69) is 9.84 Å². The molecule has 2 rings (SSSR count). The summed E-state index contributed by atoms with van der Waals surface area (Å²) in [7, 11) is -0.267. The Labute approximate surface area is 247 Å². The minimum Gasteiger partial charge on any atom is -0.439 e. The SMILES string of the molecule is CO[C@H]1C[C@H](C)Cc2cc(cc(OP(=O)(O)OC)c2)NC(=O)/C(C)=C/CC[C@H](OC)[C@@H](OC(N)=O)/C(C)=C/[C@H](C)[C@H]1O. The number of allylic oxidation sites excluding steroid dienone is 1. The van der Waals surface area contributed by atoms with Crippen molar-refractivity contribution in [1.29, 1.82) is 0 Å². The van der Waals surface area contributed by atoms with E-state index < -0.39 is 38.3 Å². The van der Waals surface area contributed by atoms with Gasteiger partial charge in [0.25, 0.3) is 5.91 Å². The van der Waals surface area contributed by atoms with Gasteiger partial charge in [-0.3, -0.25) is 14.2 Å². The van der Waals surface area contributed by atoms with Gasteiger partial charge in [-0.2, -0.15) is 0 Å². The van der Waals surface area contributed by atoms with Gasteiger partial charge in [-0.25, -0.2) is 9.36 Å². The van der Waals surface area contributed by atoms with E-state index >= 15 is 0 Å². The zero-order valence-electron chi connectivity index (χ0n) is 25.4.